The molecular weight excluding hydrogens is 214 g/mol. The van der Waals surface area contributed by atoms with Crippen molar-refractivity contribution in [3.05, 3.63) is 0 Å². The Morgan fingerprint density at radius 3 is 2.82 bits per heavy atom. The van der Waals surface area contributed by atoms with Gasteiger partial charge < -0.3 is 4.90 Å². The summed E-state index contributed by atoms with van der Waals surface area (Å²) in [6, 6.07) is 0.614. The molecule has 0 aromatic carbocycles. The summed E-state index contributed by atoms with van der Waals surface area (Å²) in [5.74, 6) is 0.682. The minimum Gasteiger partial charge on any atom is -0.327 e. The highest BCUT2D eigenvalue weighted by Gasteiger charge is 2.35. The Morgan fingerprint density at radius 2 is 2.24 bits per heavy atom. The number of hydrogen-bond acceptors (Lipinski definition) is 3. The summed E-state index contributed by atoms with van der Waals surface area (Å²) in [5.41, 5.74) is 0. The average Bonchev–Trinajstić information content (AvgIpc) is 2.87. The number of rotatable bonds is 4. The van der Waals surface area contributed by atoms with Crippen molar-refractivity contribution < 1.29 is 4.79 Å². The van der Waals surface area contributed by atoms with Gasteiger partial charge in [-0.05, 0) is 31.8 Å². The van der Waals surface area contributed by atoms with Crippen molar-refractivity contribution in [3.8, 4) is 0 Å². The van der Waals surface area contributed by atoms with Gasteiger partial charge in [0, 0.05) is 12.6 Å². The van der Waals surface area contributed by atoms with E-state index in [2.05, 4.69) is 31.0 Å². The van der Waals surface area contributed by atoms with Crippen LogP contribution in [0.2, 0.25) is 0 Å². The van der Waals surface area contributed by atoms with E-state index in [0.717, 1.165) is 19.8 Å². The zero-order valence-corrected chi connectivity index (χ0v) is 11.3. The van der Waals surface area contributed by atoms with Crippen molar-refractivity contribution in [2.75, 3.05) is 26.3 Å². The molecule has 2 rings (SSSR count). The number of likely N-dealkylation sites (tertiary alicyclic amines) is 1. The SMILES string of the molecule is CCN1CCCC1CN1CNC(C(C)C)C1=O. The van der Waals surface area contributed by atoms with Crippen LogP contribution in [-0.4, -0.2) is 54.1 Å². The first kappa shape index (κ1) is 12.8. The molecule has 0 spiro atoms. The molecule has 2 unspecified atom stereocenters. The van der Waals surface area contributed by atoms with Crippen LogP contribution in [-0.2, 0) is 4.79 Å². The highest BCUT2D eigenvalue weighted by atomic mass is 16.2. The van der Waals surface area contributed by atoms with Gasteiger partial charge in [0.05, 0.1) is 12.7 Å². The Bertz CT molecular complexity index is 280. The number of amides is 1. The lowest BCUT2D eigenvalue weighted by Crippen LogP contribution is -2.42. The Balaban J connectivity index is 1.90. The normalized spacial score (nSPS) is 30.8. The van der Waals surface area contributed by atoms with Crippen molar-refractivity contribution >= 4 is 5.91 Å². The summed E-state index contributed by atoms with van der Waals surface area (Å²) in [5, 5.41) is 3.32. The van der Waals surface area contributed by atoms with E-state index in [9.17, 15) is 4.79 Å². The standard InChI is InChI=1S/C13H25N3O/c1-4-15-7-5-6-11(15)8-16-9-14-12(10(2)3)13(16)17/h10-12,14H,4-9H2,1-3H3. The van der Waals surface area contributed by atoms with Crippen LogP contribution < -0.4 is 5.32 Å². The summed E-state index contributed by atoms with van der Waals surface area (Å²) < 4.78 is 0. The molecule has 0 aromatic heterocycles. The molecular formula is C13H25N3O. The van der Waals surface area contributed by atoms with Crippen LogP contribution in [0.4, 0.5) is 0 Å². The fraction of sp³-hybridized carbons (Fsp3) is 0.923. The molecule has 0 aromatic rings. The lowest BCUT2D eigenvalue weighted by Gasteiger charge is -2.27. The summed E-state index contributed by atoms with van der Waals surface area (Å²) in [4.78, 5) is 16.7. The van der Waals surface area contributed by atoms with Crippen molar-refractivity contribution in [2.24, 2.45) is 5.92 Å². The number of carbonyl (C=O) groups excluding carboxylic acids is 1. The number of nitrogens with one attached hydrogen (secondary N) is 1. The number of carbonyl (C=O) groups is 1. The van der Waals surface area contributed by atoms with Crippen molar-refractivity contribution in [1.82, 2.24) is 15.1 Å². The predicted molar refractivity (Wildman–Crippen MR) is 68.6 cm³/mol. The van der Waals surface area contributed by atoms with Gasteiger partial charge in [0.25, 0.3) is 0 Å². The molecule has 2 atom stereocenters. The molecule has 17 heavy (non-hydrogen) atoms. The van der Waals surface area contributed by atoms with E-state index in [-0.39, 0.29) is 6.04 Å². The van der Waals surface area contributed by atoms with Crippen LogP contribution in [0, 0.1) is 5.92 Å². The first-order valence-corrected chi connectivity index (χ1v) is 6.89. The quantitative estimate of drug-likeness (QED) is 0.791. The van der Waals surface area contributed by atoms with Gasteiger partial charge in [-0.3, -0.25) is 15.0 Å². The van der Waals surface area contributed by atoms with Gasteiger partial charge in [0.1, 0.15) is 0 Å². The summed E-state index contributed by atoms with van der Waals surface area (Å²) >= 11 is 0. The molecule has 2 fully saturated rings. The van der Waals surface area contributed by atoms with Crippen molar-refractivity contribution in [1.29, 1.82) is 0 Å². The molecule has 0 bridgehead atoms. The summed E-state index contributed by atoms with van der Waals surface area (Å²) in [6.45, 7) is 10.4. The highest BCUT2D eigenvalue weighted by molar-refractivity contribution is 5.84. The first-order chi connectivity index (χ1) is 8.13. The Labute approximate surface area is 104 Å². The van der Waals surface area contributed by atoms with Gasteiger partial charge in [0.2, 0.25) is 5.91 Å². The van der Waals surface area contributed by atoms with Gasteiger partial charge in [-0.25, -0.2) is 0 Å². The largest absolute Gasteiger partial charge is 0.327 e. The molecule has 1 N–H and O–H groups in total. The van der Waals surface area contributed by atoms with Crippen LogP contribution >= 0.6 is 0 Å². The van der Waals surface area contributed by atoms with Crippen LogP contribution in [0.3, 0.4) is 0 Å². The maximum Gasteiger partial charge on any atom is 0.241 e. The third-order valence-corrected chi connectivity index (χ3v) is 4.08. The minimum absolute atomic E-state index is 0.0338. The second kappa shape index (κ2) is 5.36. The molecule has 0 saturated carbocycles. The van der Waals surface area contributed by atoms with E-state index in [1.807, 2.05) is 4.90 Å². The van der Waals surface area contributed by atoms with Crippen LogP contribution in [0.5, 0.6) is 0 Å². The molecule has 2 heterocycles. The monoisotopic (exact) mass is 239 g/mol. The Kier molecular flexibility index (Phi) is 4.05. The topological polar surface area (TPSA) is 35.6 Å². The number of hydrogen-bond donors (Lipinski definition) is 1. The second-order valence-corrected chi connectivity index (χ2v) is 5.57. The maximum absolute atomic E-state index is 12.2. The molecule has 4 nitrogen and oxygen atoms in total. The van der Waals surface area contributed by atoms with Gasteiger partial charge in [0.15, 0.2) is 0 Å². The molecule has 2 aliphatic rings. The van der Waals surface area contributed by atoms with E-state index in [1.54, 1.807) is 0 Å². The van der Waals surface area contributed by atoms with E-state index >= 15 is 0 Å². The van der Waals surface area contributed by atoms with Gasteiger partial charge >= 0.3 is 0 Å². The molecule has 0 aliphatic carbocycles. The predicted octanol–water partition coefficient (Wildman–Crippen LogP) is 0.885. The third kappa shape index (κ3) is 2.63. The highest BCUT2D eigenvalue weighted by Crippen LogP contribution is 2.20. The molecule has 1 amide bonds. The van der Waals surface area contributed by atoms with Crippen molar-refractivity contribution in [2.45, 2.75) is 45.7 Å². The van der Waals surface area contributed by atoms with Gasteiger partial charge in [-0.2, -0.15) is 0 Å². The number of nitrogens with zero attached hydrogens (tertiary/aromatic N) is 2. The zero-order chi connectivity index (χ0) is 12.4. The van der Waals surface area contributed by atoms with E-state index < -0.39 is 0 Å². The molecule has 2 saturated heterocycles. The first-order valence-electron chi connectivity index (χ1n) is 6.89. The second-order valence-electron chi connectivity index (χ2n) is 5.57. The molecule has 4 heteroatoms. The van der Waals surface area contributed by atoms with Crippen LogP contribution in [0.15, 0.2) is 0 Å². The smallest absolute Gasteiger partial charge is 0.241 e. The maximum atomic E-state index is 12.2. The fourth-order valence-corrected chi connectivity index (χ4v) is 3.02. The summed E-state index contributed by atoms with van der Waals surface area (Å²) in [6.07, 6.45) is 2.52. The minimum atomic E-state index is 0.0338. The Hall–Kier alpha value is -0.610. The zero-order valence-electron chi connectivity index (χ0n) is 11.3. The number of likely N-dealkylation sites (N-methyl/N-ethyl adjacent to an activating group) is 1. The fourth-order valence-electron chi connectivity index (χ4n) is 3.02. The van der Waals surface area contributed by atoms with Crippen molar-refractivity contribution in [3.63, 3.8) is 0 Å². The van der Waals surface area contributed by atoms with E-state index in [4.69, 9.17) is 0 Å². The third-order valence-electron chi connectivity index (χ3n) is 4.08. The van der Waals surface area contributed by atoms with Crippen LogP contribution in [0.25, 0.3) is 0 Å². The molecule has 2 aliphatic heterocycles. The lowest BCUT2D eigenvalue weighted by molar-refractivity contribution is -0.130. The average molecular weight is 239 g/mol. The van der Waals surface area contributed by atoms with E-state index in [1.165, 1.54) is 19.4 Å². The summed E-state index contributed by atoms with van der Waals surface area (Å²) in [7, 11) is 0. The van der Waals surface area contributed by atoms with Gasteiger partial charge in [-0.1, -0.05) is 20.8 Å². The molecule has 0 radical (unpaired) electrons. The van der Waals surface area contributed by atoms with E-state index in [0.29, 0.717) is 17.9 Å². The van der Waals surface area contributed by atoms with Crippen LogP contribution in [0.1, 0.15) is 33.6 Å². The lowest BCUT2D eigenvalue weighted by atomic mass is 10.0. The Morgan fingerprint density at radius 1 is 1.47 bits per heavy atom. The van der Waals surface area contributed by atoms with Gasteiger partial charge in [-0.15, -0.1) is 0 Å². The molecule has 98 valence electrons.